The third-order valence-electron chi connectivity index (χ3n) is 5.34. The number of rotatable bonds is 6. The Balaban J connectivity index is 1.80. The number of para-hydroxylation sites is 1. The molecule has 3 rings (SSSR count). The van der Waals surface area contributed by atoms with Gasteiger partial charge in [-0.25, -0.2) is 0 Å². The van der Waals surface area contributed by atoms with Crippen LogP contribution in [0.15, 0.2) is 65.7 Å². The van der Waals surface area contributed by atoms with Gasteiger partial charge >= 0.3 is 0 Å². The molecular weight excluding hydrogens is 378 g/mol. The van der Waals surface area contributed by atoms with Crippen LogP contribution in [0.1, 0.15) is 40.2 Å². The molecule has 2 aromatic rings. The minimum Gasteiger partial charge on any atom is -0.491 e. The van der Waals surface area contributed by atoms with Gasteiger partial charge in [0.2, 0.25) is 0 Å². The maximum atomic E-state index is 6.04. The molecular formula is C24H31N3OS. The number of hydrogen-bond acceptors (Lipinski definition) is 3. The molecule has 5 heteroatoms. The number of nitrogens with zero attached hydrogens (tertiary/aromatic N) is 2. The highest BCUT2D eigenvalue weighted by molar-refractivity contribution is 7.80. The minimum absolute atomic E-state index is 0.0102. The molecule has 1 saturated heterocycles. The molecule has 0 spiro atoms. The van der Waals surface area contributed by atoms with Crippen LogP contribution < -0.4 is 10.1 Å². The average molecular weight is 410 g/mol. The lowest BCUT2D eigenvalue weighted by atomic mass is 9.87. The predicted octanol–water partition coefficient (Wildman–Crippen LogP) is 5.05. The summed E-state index contributed by atoms with van der Waals surface area (Å²) in [6, 6.07) is 20.3. The van der Waals surface area contributed by atoms with Crippen molar-refractivity contribution < 1.29 is 4.74 Å². The van der Waals surface area contributed by atoms with Crippen molar-refractivity contribution in [3.63, 3.8) is 0 Å². The summed E-state index contributed by atoms with van der Waals surface area (Å²) >= 11 is 5.66. The SMILES string of the molecule is CC(C)(C)[C@@H](COc1ccccc1)N=C1NC(=S)N(Cc2ccccc2)C1(C)C. The molecule has 1 heterocycles. The number of thiocarbonyl (C=S) groups is 1. The van der Waals surface area contributed by atoms with Gasteiger partial charge in [-0.2, -0.15) is 0 Å². The van der Waals surface area contributed by atoms with E-state index in [0.29, 0.717) is 11.7 Å². The molecule has 1 N–H and O–H groups in total. The normalized spacial score (nSPS) is 18.6. The molecule has 0 aromatic heterocycles. The van der Waals surface area contributed by atoms with Crippen LogP contribution in [0.5, 0.6) is 5.75 Å². The Labute approximate surface area is 180 Å². The van der Waals surface area contributed by atoms with Crippen LogP contribution in [0.3, 0.4) is 0 Å². The zero-order chi connectivity index (χ0) is 21.1. The van der Waals surface area contributed by atoms with Crippen LogP contribution >= 0.6 is 12.2 Å². The van der Waals surface area contributed by atoms with Crippen molar-refractivity contribution in [3.05, 3.63) is 66.2 Å². The van der Waals surface area contributed by atoms with Crippen molar-refractivity contribution in [2.45, 2.75) is 52.7 Å². The van der Waals surface area contributed by atoms with Crippen molar-refractivity contribution >= 4 is 23.2 Å². The van der Waals surface area contributed by atoms with Crippen LogP contribution in [0, 0.1) is 5.41 Å². The summed E-state index contributed by atoms with van der Waals surface area (Å²) in [4.78, 5) is 7.31. The molecule has 4 nitrogen and oxygen atoms in total. The molecule has 0 saturated carbocycles. The van der Waals surface area contributed by atoms with Gasteiger partial charge in [-0.1, -0.05) is 69.3 Å². The van der Waals surface area contributed by atoms with E-state index in [-0.39, 0.29) is 17.0 Å². The van der Waals surface area contributed by atoms with E-state index >= 15 is 0 Å². The number of aliphatic imine (C=N–C) groups is 1. The first-order valence-electron chi connectivity index (χ1n) is 10.1. The molecule has 154 valence electrons. The number of amidine groups is 1. The lowest BCUT2D eigenvalue weighted by Crippen LogP contribution is -2.45. The minimum atomic E-state index is -0.316. The Bertz CT molecular complexity index is 857. The maximum absolute atomic E-state index is 6.04. The standard InChI is InChI=1S/C24H31N3OS/c1-23(2,3)20(17-28-19-14-10-7-11-15-19)25-21-24(4,5)27(22(29)26-21)16-18-12-8-6-9-13-18/h6-15,20H,16-17H2,1-5H3,(H,25,26,29)/t20-/m1/s1. The smallest absolute Gasteiger partial charge is 0.175 e. The molecule has 0 aliphatic carbocycles. The fourth-order valence-electron chi connectivity index (χ4n) is 3.26. The summed E-state index contributed by atoms with van der Waals surface area (Å²) in [6.07, 6.45) is 0. The quantitative estimate of drug-likeness (QED) is 0.678. The van der Waals surface area contributed by atoms with E-state index in [1.807, 2.05) is 36.4 Å². The zero-order valence-corrected chi connectivity index (χ0v) is 18.8. The number of benzene rings is 2. The summed E-state index contributed by atoms with van der Waals surface area (Å²) in [5.41, 5.74) is 0.864. The predicted molar refractivity (Wildman–Crippen MR) is 124 cm³/mol. The van der Waals surface area contributed by atoms with Gasteiger partial charge in [-0.3, -0.25) is 4.99 Å². The second-order valence-corrected chi connectivity index (χ2v) is 9.43. The third-order valence-corrected chi connectivity index (χ3v) is 5.67. The van der Waals surface area contributed by atoms with Crippen LogP contribution in [0.4, 0.5) is 0 Å². The van der Waals surface area contributed by atoms with Crippen molar-refractivity contribution in [2.75, 3.05) is 6.61 Å². The van der Waals surface area contributed by atoms with E-state index in [0.717, 1.165) is 18.1 Å². The Morgan fingerprint density at radius 1 is 1.03 bits per heavy atom. The van der Waals surface area contributed by atoms with Crippen LogP contribution in [0.2, 0.25) is 0 Å². The first-order valence-corrected chi connectivity index (χ1v) is 10.5. The van der Waals surface area contributed by atoms with Gasteiger partial charge in [0.1, 0.15) is 18.2 Å². The summed E-state index contributed by atoms with van der Waals surface area (Å²) in [5, 5.41) is 4.08. The van der Waals surface area contributed by atoms with Gasteiger partial charge in [0.15, 0.2) is 5.11 Å². The molecule has 1 aliphatic rings. The third kappa shape index (κ3) is 5.15. The van der Waals surface area contributed by atoms with Gasteiger partial charge < -0.3 is 15.0 Å². The molecule has 0 amide bonds. The van der Waals surface area contributed by atoms with Gasteiger partial charge in [-0.05, 0) is 49.2 Å². The van der Waals surface area contributed by atoms with Gasteiger partial charge in [0.25, 0.3) is 0 Å². The first kappa shape index (κ1) is 21.3. The summed E-state index contributed by atoms with van der Waals surface area (Å²) in [5.74, 6) is 1.76. The Hall–Kier alpha value is -2.40. The molecule has 2 aromatic carbocycles. The van der Waals surface area contributed by atoms with Crippen molar-refractivity contribution in [1.82, 2.24) is 10.2 Å². The van der Waals surface area contributed by atoms with Crippen LogP contribution in [-0.4, -0.2) is 34.0 Å². The summed E-state index contributed by atoms with van der Waals surface area (Å²) in [7, 11) is 0. The number of nitrogens with one attached hydrogen (secondary N) is 1. The number of hydrogen-bond donors (Lipinski definition) is 1. The summed E-state index contributed by atoms with van der Waals surface area (Å²) in [6.45, 7) is 12.2. The molecule has 1 aliphatic heterocycles. The molecule has 29 heavy (non-hydrogen) atoms. The fourth-order valence-corrected chi connectivity index (χ4v) is 3.65. The molecule has 1 atom stereocenters. The Morgan fingerprint density at radius 2 is 1.62 bits per heavy atom. The highest BCUT2D eigenvalue weighted by atomic mass is 32.1. The second kappa shape index (κ2) is 8.54. The van der Waals surface area contributed by atoms with E-state index in [2.05, 4.69) is 69.1 Å². The van der Waals surface area contributed by atoms with E-state index in [9.17, 15) is 0 Å². The van der Waals surface area contributed by atoms with Crippen LogP contribution in [0.25, 0.3) is 0 Å². The molecule has 0 radical (unpaired) electrons. The van der Waals surface area contributed by atoms with Gasteiger partial charge in [0.05, 0.1) is 11.6 Å². The average Bonchev–Trinajstić information content (AvgIpc) is 2.88. The van der Waals surface area contributed by atoms with E-state index in [1.54, 1.807) is 0 Å². The molecule has 1 fully saturated rings. The Kier molecular flexibility index (Phi) is 6.27. The topological polar surface area (TPSA) is 36.9 Å². The molecule has 0 bridgehead atoms. The van der Waals surface area contributed by atoms with Gasteiger partial charge in [-0.15, -0.1) is 0 Å². The lowest BCUT2D eigenvalue weighted by molar-refractivity contribution is 0.205. The van der Waals surface area contributed by atoms with E-state index in [4.69, 9.17) is 21.9 Å². The first-order chi connectivity index (χ1) is 13.7. The largest absolute Gasteiger partial charge is 0.491 e. The highest BCUT2D eigenvalue weighted by Crippen LogP contribution is 2.29. The van der Waals surface area contributed by atoms with Crippen molar-refractivity contribution in [3.8, 4) is 5.75 Å². The van der Waals surface area contributed by atoms with E-state index < -0.39 is 0 Å². The van der Waals surface area contributed by atoms with Crippen LogP contribution in [-0.2, 0) is 6.54 Å². The Morgan fingerprint density at radius 3 is 2.21 bits per heavy atom. The van der Waals surface area contributed by atoms with Gasteiger partial charge in [0, 0.05) is 6.54 Å². The van der Waals surface area contributed by atoms with Crippen molar-refractivity contribution in [2.24, 2.45) is 10.4 Å². The monoisotopic (exact) mass is 409 g/mol. The number of ether oxygens (including phenoxy) is 1. The van der Waals surface area contributed by atoms with E-state index in [1.165, 1.54) is 5.56 Å². The maximum Gasteiger partial charge on any atom is 0.175 e. The highest BCUT2D eigenvalue weighted by Gasteiger charge is 2.42. The molecule has 0 unspecified atom stereocenters. The zero-order valence-electron chi connectivity index (χ0n) is 18.0. The summed E-state index contributed by atoms with van der Waals surface area (Å²) < 4.78 is 6.04. The van der Waals surface area contributed by atoms with Crippen molar-refractivity contribution in [1.29, 1.82) is 0 Å². The fraction of sp³-hybridized carbons (Fsp3) is 0.417. The lowest BCUT2D eigenvalue weighted by Gasteiger charge is -2.33. The second-order valence-electron chi connectivity index (χ2n) is 9.04.